The highest BCUT2D eigenvalue weighted by molar-refractivity contribution is 7.80. The van der Waals surface area contributed by atoms with Gasteiger partial charge in [-0.15, -0.1) is 0 Å². The number of nitrogens with one attached hydrogen (secondary N) is 1. The number of piperidine rings is 1. The lowest BCUT2D eigenvalue weighted by atomic mass is 10.1. The molecule has 0 aromatic heterocycles. The molecule has 1 amide bonds. The number of carbonyl (C=O) groups excluding carboxylic acids is 1. The minimum Gasteiger partial charge on any atom is -0.444 e. The summed E-state index contributed by atoms with van der Waals surface area (Å²) in [4.78, 5) is 14.1. The van der Waals surface area contributed by atoms with E-state index >= 15 is 0 Å². The zero-order valence-corrected chi connectivity index (χ0v) is 12.2. The Morgan fingerprint density at radius 3 is 2.44 bits per heavy atom. The molecule has 0 aromatic rings. The Morgan fingerprint density at radius 2 is 1.89 bits per heavy atom. The van der Waals surface area contributed by atoms with Crippen LogP contribution in [0.1, 0.15) is 40.0 Å². The van der Waals surface area contributed by atoms with Gasteiger partial charge in [0, 0.05) is 19.3 Å². The van der Waals surface area contributed by atoms with Crippen molar-refractivity contribution in [2.45, 2.75) is 45.6 Å². The first-order valence-electron chi connectivity index (χ1n) is 6.33. The molecule has 4 nitrogen and oxygen atoms in total. The number of amides is 1. The minimum absolute atomic E-state index is 0.384. The van der Waals surface area contributed by atoms with Gasteiger partial charge in [0.1, 0.15) is 10.6 Å². The zero-order valence-electron chi connectivity index (χ0n) is 11.4. The molecule has 18 heavy (non-hydrogen) atoms. The molecule has 0 bridgehead atoms. The molecule has 0 aliphatic carbocycles. The van der Waals surface area contributed by atoms with Crippen molar-refractivity contribution in [1.82, 2.24) is 10.2 Å². The number of hydrogen-bond donors (Lipinski definition) is 1. The van der Waals surface area contributed by atoms with Gasteiger partial charge in [-0.1, -0.05) is 12.2 Å². The van der Waals surface area contributed by atoms with Gasteiger partial charge in [0.25, 0.3) is 0 Å². The summed E-state index contributed by atoms with van der Waals surface area (Å²) in [6, 6.07) is 0. The second-order valence-electron chi connectivity index (χ2n) is 5.40. The standard InChI is InChI=1S/C13H22N2O2S/c1-13(2,3)17-12(16)14-11(18)7-10-15-8-5-4-6-9-15/h7,10H,4-6,8-9H2,1-3H3,(H,14,16,18). The van der Waals surface area contributed by atoms with Gasteiger partial charge in [-0.05, 0) is 46.1 Å². The van der Waals surface area contributed by atoms with Crippen molar-refractivity contribution in [3.8, 4) is 0 Å². The fraction of sp³-hybridized carbons (Fsp3) is 0.692. The third kappa shape index (κ3) is 6.59. The van der Waals surface area contributed by atoms with Gasteiger partial charge in [0.2, 0.25) is 0 Å². The topological polar surface area (TPSA) is 41.6 Å². The van der Waals surface area contributed by atoms with Crippen LogP contribution in [0.15, 0.2) is 12.3 Å². The van der Waals surface area contributed by atoms with Crippen molar-refractivity contribution in [1.29, 1.82) is 0 Å². The molecule has 5 heteroatoms. The number of hydrogen-bond acceptors (Lipinski definition) is 4. The Labute approximate surface area is 114 Å². The first kappa shape index (κ1) is 15.0. The molecule has 0 saturated carbocycles. The SMILES string of the molecule is CC(C)(C)OC(=O)NC(=S)C=CN1CCCCC1. The molecule has 0 aromatic carbocycles. The van der Waals surface area contributed by atoms with Crippen LogP contribution in [-0.4, -0.2) is 34.7 Å². The van der Waals surface area contributed by atoms with Gasteiger partial charge in [-0.25, -0.2) is 4.79 Å². The van der Waals surface area contributed by atoms with Crippen molar-refractivity contribution in [3.63, 3.8) is 0 Å². The van der Waals surface area contributed by atoms with Gasteiger partial charge >= 0.3 is 6.09 Å². The normalized spacial score (nSPS) is 16.7. The fourth-order valence-electron chi connectivity index (χ4n) is 1.69. The number of carbonyl (C=O) groups is 1. The van der Waals surface area contributed by atoms with Crippen LogP contribution in [0.2, 0.25) is 0 Å². The number of thiocarbonyl (C=S) groups is 1. The van der Waals surface area contributed by atoms with Crippen molar-refractivity contribution in [2.75, 3.05) is 13.1 Å². The van der Waals surface area contributed by atoms with E-state index < -0.39 is 11.7 Å². The summed E-state index contributed by atoms with van der Waals surface area (Å²) in [6.45, 7) is 7.58. The first-order valence-corrected chi connectivity index (χ1v) is 6.74. The van der Waals surface area contributed by atoms with Gasteiger partial charge in [0.05, 0.1) is 0 Å². The summed E-state index contributed by atoms with van der Waals surface area (Å²) in [5.74, 6) is 0. The minimum atomic E-state index is -0.504. The average Bonchev–Trinajstić information content (AvgIpc) is 2.25. The van der Waals surface area contributed by atoms with Gasteiger partial charge in [-0.2, -0.15) is 0 Å². The third-order valence-corrected chi connectivity index (χ3v) is 2.69. The van der Waals surface area contributed by atoms with Crippen LogP contribution >= 0.6 is 12.2 Å². The largest absolute Gasteiger partial charge is 0.444 e. The average molecular weight is 270 g/mol. The predicted octanol–water partition coefficient (Wildman–Crippen LogP) is 2.84. The van der Waals surface area contributed by atoms with E-state index in [1.807, 2.05) is 27.0 Å². The van der Waals surface area contributed by atoms with E-state index in [9.17, 15) is 4.79 Å². The highest BCUT2D eigenvalue weighted by Crippen LogP contribution is 2.09. The molecule has 102 valence electrons. The van der Waals surface area contributed by atoms with Crippen LogP contribution in [0, 0.1) is 0 Å². The van der Waals surface area contributed by atoms with Crippen molar-refractivity contribution in [3.05, 3.63) is 12.3 Å². The Bertz CT molecular complexity index is 328. The summed E-state index contributed by atoms with van der Waals surface area (Å²) in [5, 5.41) is 2.53. The van der Waals surface area contributed by atoms with Crippen LogP contribution in [-0.2, 0) is 4.74 Å². The zero-order chi connectivity index (χ0) is 13.6. The maximum Gasteiger partial charge on any atom is 0.412 e. The maximum absolute atomic E-state index is 11.5. The summed E-state index contributed by atoms with van der Waals surface area (Å²) in [7, 11) is 0. The molecule has 0 atom stereocenters. The maximum atomic E-state index is 11.5. The van der Waals surface area contributed by atoms with Crippen LogP contribution < -0.4 is 5.32 Å². The van der Waals surface area contributed by atoms with E-state index in [1.54, 1.807) is 6.08 Å². The number of nitrogens with zero attached hydrogens (tertiary/aromatic N) is 1. The molecule has 1 heterocycles. The fourth-order valence-corrected chi connectivity index (χ4v) is 1.83. The predicted molar refractivity (Wildman–Crippen MR) is 76.5 cm³/mol. The number of rotatable bonds is 2. The lowest BCUT2D eigenvalue weighted by Gasteiger charge is -2.24. The number of alkyl carbamates (subject to hydrolysis) is 1. The molecule has 1 rings (SSSR count). The van der Waals surface area contributed by atoms with Gasteiger partial charge < -0.3 is 9.64 Å². The van der Waals surface area contributed by atoms with E-state index in [-0.39, 0.29) is 0 Å². The molecular weight excluding hydrogens is 248 g/mol. The van der Waals surface area contributed by atoms with Crippen LogP contribution in [0.3, 0.4) is 0 Å². The summed E-state index contributed by atoms with van der Waals surface area (Å²) < 4.78 is 5.12. The highest BCUT2D eigenvalue weighted by Gasteiger charge is 2.16. The third-order valence-electron chi connectivity index (χ3n) is 2.45. The first-order chi connectivity index (χ1) is 8.37. The van der Waals surface area contributed by atoms with Crippen LogP contribution in [0.5, 0.6) is 0 Å². The number of ether oxygens (including phenoxy) is 1. The quantitative estimate of drug-likeness (QED) is 0.619. The summed E-state index contributed by atoms with van der Waals surface area (Å²) in [5.41, 5.74) is -0.504. The lowest BCUT2D eigenvalue weighted by molar-refractivity contribution is 0.0564. The Morgan fingerprint density at radius 1 is 1.28 bits per heavy atom. The molecule has 1 aliphatic heterocycles. The Kier molecular flexibility index (Phi) is 5.59. The molecule has 0 unspecified atom stereocenters. The molecular formula is C13H22N2O2S. The summed E-state index contributed by atoms with van der Waals surface area (Å²) in [6.07, 6.45) is 6.91. The lowest BCUT2D eigenvalue weighted by Crippen LogP contribution is -2.35. The molecule has 1 N–H and O–H groups in total. The van der Waals surface area contributed by atoms with E-state index in [1.165, 1.54) is 19.3 Å². The Hall–Kier alpha value is -1.10. The van der Waals surface area contributed by atoms with E-state index in [0.29, 0.717) is 4.99 Å². The van der Waals surface area contributed by atoms with E-state index in [0.717, 1.165) is 13.1 Å². The molecule has 0 radical (unpaired) electrons. The van der Waals surface area contributed by atoms with Crippen molar-refractivity contribution >= 4 is 23.3 Å². The molecule has 1 saturated heterocycles. The van der Waals surface area contributed by atoms with Gasteiger partial charge in [0.15, 0.2) is 0 Å². The monoisotopic (exact) mass is 270 g/mol. The van der Waals surface area contributed by atoms with E-state index in [4.69, 9.17) is 17.0 Å². The van der Waals surface area contributed by atoms with Gasteiger partial charge in [-0.3, -0.25) is 5.32 Å². The molecule has 1 aliphatic rings. The molecule has 0 spiro atoms. The second kappa shape index (κ2) is 6.73. The highest BCUT2D eigenvalue weighted by atomic mass is 32.1. The smallest absolute Gasteiger partial charge is 0.412 e. The number of likely N-dealkylation sites (tertiary alicyclic amines) is 1. The molecule has 1 fully saturated rings. The second-order valence-corrected chi connectivity index (χ2v) is 5.84. The van der Waals surface area contributed by atoms with Crippen molar-refractivity contribution in [2.24, 2.45) is 0 Å². The summed E-state index contributed by atoms with van der Waals surface area (Å²) >= 11 is 5.06. The van der Waals surface area contributed by atoms with E-state index in [2.05, 4.69) is 10.2 Å². The Balaban J connectivity index is 2.32. The van der Waals surface area contributed by atoms with Crippen LogP contribution in [0.4, 0.5) is 4.79 Å². The van der Waals surface area contributed by atoms with Crippen molar-refractivity contribution < 1.29 is 9.53 Å². The van der Waals surface area contributed by atoms with Crippen LogP contribution in [0.25, 0.3) is 0 Å².